The number of fused-ring (bicyclic) bond motifs is 1. The third kappa shape index (κ3) is 3.77. The zero-order valence-electron chi connectivity index (χ0n) is 16.9. The van der Waals surface area contributed by atoms with Crippen molar-refractivity contribution in [3.8, 4) is 11.4 Å². The van der Waals surface area contributed by atoms with Gasteiger partial charge in [-0.25, -0.2) is 0 Å². The van der Waals surface area contributed by atoms with E-state index in [9.17, 15) is 9.59 Å². The van der Waals surface area contributed by atoms with E-state index in [4.69, 9.17) is 4.74 Å². The highest BCUT2D eigenvalue weighted by Crippen LogP contribution is 2.25. The number of hydrogen-bond acceptors (Lipinski definition) is 3. The Morgan fingerprint density at radius 3 is 2.41 bits per heavy atom. The van der Waals surface area contributed by atoms with E-state index in [2.05, 4.69) is 12.2 Å². The highest BCUT2D eigenvalue weighted by molar-refractivity contribution is 6.06. The molecule has 1 aliphatic rings. The Morgan fingerprint density at radius 1 is 1.03 bits per heavy atom. The number of aromatic nitrogens is 1. The summed E-state index contributed by atoms with van der Waals surface area (Å²) in [6.45, 7) is 2.19. The summed E-state index contributed by atoms with van der Waals surface area (Å²) in [5, 5.41) is 4.44. The van der Waals surface area contributed by atoms with Crippen LogP contribution in [0.25, 0.3) is 16.5 Å². The lowest BCUT2D eigenvalue weighted by molar-refractivity contribution is 0.0911. The molecule has 2 aromatic carbocycles. The molecular weight excluding hydrogens is 364 g/mol. The molecule has 0 saturated heterocycles. The first-order valence-electron chi connectivity index (χ1n) is 10.2. The summed E-state index contributed by atoms with van der Waals surface area (Å²) in [6.07, 6.45) is 6.16. The van der Waals surface area contributed by atoms with Crippen LogP contribution in [-0.4, -0.2) is 23.6 Å². The number of carbonyl (C=O) groups excluding carboxylic acids is 1. The van der Waals surface area contributed by atoms with E-state index in [1.54, 1.807) is 36.1 Å². The predicted octanol–water partition coefficient (Wildman–Crippen LogP) is 4.31. The number of rotatable bonds is 4. The van der Waals surface area contributed by atoms with Crippen molar-refractivity contribution in [2.24, 2.45) is 5.92 Å². The van der Waals surface area contributed by atoms with E-state index >= 15 is 0 Å². The average Bonchev–Trinajstić information content (AvgIpc) is 2.76. The summed E-state index contributed by atoms with van der Waals surface area (Å²) in [5.74, 6) is 1.06. The number of hydrogen-bond donors (Lipinski definition) is 1. The number of benzene rings is 2. The Kier molecular flexibility index (Phi) is 5.38. The summed E-state index contributed by atoms with van der Waals surface area (Å²) in [5.41, 5.74) is 1.07. The fourth-order valence-electron chi connectivity index (χ4n) is 4.18. The van der Waals surface area contributed by atoms with Crippen molar-refractivity contribution in [3.63, 3.8) is 0 Å². The highest BCUT2D eigenvalue weighted by Gasteiger charge is 2.24. The number of ether oxygens (including phenoxy) is 1. The first-order chi connectivity index (χ1) is 14.1. The largest absolute Gasteiger partial charge is 0.497 e. The van der Waals surface area contributed by atoms with Crippen LogP contribution >= 0.6 is 0 Å². The Labute approximate surface area is 170 Å². The van der Waals surface area contributed by atoms with E-state index in [0.29, 0.717) is 33.7 Å². The molecule has 0 spiro atoms. The minimum atomic E-state index is -0.145. The topological polar surface area (TPSA) is 60.3 Å². The average molecular weight is 390 g/mol. The standard InChI is InChI=1S/C24H26N2O3/c1-16-7-3-6-10-22(16)25-23(27)21-15-26(17-11-13-18(29-2)14-12-17)24(28)20-9-5-4-8-19(20)21/h4-5,8-9,11-16,22H,3,6-7,10H2,1-2H3,(H,25,27)/t16-,22-/m1/s1. The van der Waals surface area contributed by atoms with Crippen LogP contribution in [0.15, 0.2) is 59.5 Å². The molecule has 4 rings (SSSR count). The van der Waals surface area contributed by atoms with Crippen molar-refractivity contribution in [2.45, 2.75) is 38.6 Å². The predicted molar refractivity (Wildman–Crippen MR) is 115 cm³/mol. The van der Waals surface area contributed by atoms with Gasteiger partial charge in [0.05, 0.1) is 12.7 Å². The van der Waals surface area contributed by atoms with Gasteiger partial charge in [0.25, 0.3) is 11.5 Å². The summed E-state index contributed by atoms with van der Waals surface area (Å²) >= 11 is 0. The molecule has 0 radical (unpaired) electrons. The Hall–Kier alpha value is -3.08. The van der Waals surface area contributed by atoms with E-state index in [-0.39, 0.29) is 17.5 Å². The molecule has 0 bridgehead atoms. The molecular formula is C24H26N2O3. The molecule has 3 aromatic rings. The number of pyridine rings is 1. The molecule has 1 N–H and O–H groups in total. The summed E-state index contributed by atoms with van der Waals surface area (Å²) in [7, 11) is 1.60. The van der Waals surface area contributed by atoms with Gasteiger partial charge in [-0.05, 0) is 49.1 Å². The van der Waals surface area contributed by atoms with Gasteiger partial charge in [-0.1, -0.05) is 38.0 Å². The fourth-order valence-corrected chi connectivity index (χ4v) is 4.18. The first kappa shape index (κ1) is 19.2. The monoisotopic (exact) mass is 390 g/mol. The number of nitrogens with one attached hydrogen (secondary N) is 1. The van der Waals surface area contributed by atoms with E-state index in [1.165, 1.54) is 6.42 Å². The molecule has 1 aromatic heterocycles. The van der Waals surface area contributed by atoms with Crippen LogP contribution in [0.1, 0.15) is 43.0 Å². The number of amides is 1. The zero-order chi connectivity index (χ0) is 20.4. The van der Waals surface area contributed by atoms with Crippen molar-refractivity contribution in [3.05, 3.63) is 70.6 Å². The van der Waals surface area contributed by atoms with Crippen LogP contribution in [0.3, 0.4) is 0 Å². The van der Waals surface area contributed by atoms with Crippen molar-refractivity contribution >= 4 is 16.7 Å². The molecule has 5 heteroatoms. The van der Waals surface area contributed by atoms with Crippen LogP contribution in [0.4, 0.5) is 0 Å². The molecule has 1 fully saturated rings. The van der Waals surface area contributed by atoms with Gasteiger partial charge in [0.15, 0.2) is 0 Å². The lowest BCUT2D eigenvalue weighted by Gasteiger charge is -2.29. The Morgan fingerprint density at radius 2 is 1.72 bits per heavy atom. The van der Waals surface area contributed by atoms with E-state index < -0.39 is 0 Å². The first-order valence-corrected chi connectivity index (χ1v) is 10.2. The molecule has 1 saturated carbocycles. The van der Waals surface area contributed by atoms with E-state index in [0.717, 1.165) is 19.3 Å². The van der Waals surface area contributed by atoms with E-state index in [1.807, 2.05) is 30.3 Å². The van der Waals surface area contributed by atoms with Gasteiger partial charge < -0.3 is 10.1 Å². The number of methoxy groups -OCH3 is 1. The molecule has 5 nitrogen and oxygen atoms in total. The second-order valence-electron chi connectivity index (χ2n) is 7.80. The minimum Gasteiger partial charge on any atom is -0.497 e. The third-order valence-corrected chi connectivity index (χ3v) is 5.95. The van der Waals surface area contributed by atoms with Crippen molar-refractivity contribution in [1.82, 2.24) is 9.88 Å². The third-order valence-electron chi connectivity index (χ3n) is 5.95. The van der Waals surface area contributed by atoms with Crippen molar-refractivity contribution in [1.29, 1.82) is 0 Å². The van der Waals surface area contributed by atoms with Gasteiger partial charge in [0.1, 0.15) is 5.75 Å². The Bertz CT molecular complexity index is 1090. The summed E-state index contributed by atoms with van der Waals surface area (Å²) < 4.78 is 6.75. The van der Waals surface area contributed by atoms with Gasteiger partial charge >= 0.3 is 0 Å². The SMILES string of the molecule is COc1ccc(-n2cc(C(=O)N[C@@H]3CCCC[C@H]3C)c3ccccc3c2=O)cc1. The molecule has 1 aliphatic carbocycles. The normalized spacial score (nSPS) is 19.1. The molecule has 29 heavy (non-hydrogen) atoms. The maximum atomic E-state index is 13.2. The van der Waals surface area contributed by atoms with Crippen LogP contribution in [0.2, 0.25) is 0 Å². The van der Waals surface area contributed by atoms with Gasteiger partial charge in [-0.15, -0.1) is 0 Å². The van der Waals surface area contributed by atoms with Crippen LogP contribution in [-0.2, 0) is 0 Å². The number of nitrogens with zero attached hydrogens (tertiary/aromatic N) is 1. The highest BCUT2D eigenvalue weighted by atomic mass is 16.5. The van der Waals surface area contributed by atoms with Crippen LogP contribution in [0, 0.1) is 5.92 Å². The van der Waals surface area contributed by atoms with Crippen LogP contribution in [0.5, 0.6) is 5.75 Å². The van der Waals surface area contributed by atoms with Gasteiger partial charge in [0.2, 0.25) is 0 Å². The second-order valence-corrected chi connectivity index (χ2v) is 7.80. The zero-order valence-corrected chi connectivity index (χ0v) is 16.9. The smallest absolute Gasteiger partial charge is 0.262 e. The Balaban J connectivity index is 1.79. The molecule has 0 unspecified atom stereocenters. The molecule has 150 valence electrons. The van der Waals surface area contributed by atoms with Gasteiger partial charge in [-0.3, -0.25) is 14.2 Å². The van der Waals surface area contributed by atoms with Gasteiger partial charge in [-0.2, -0.15) is 0 Å². The lowest BCUT2D eigenvalue weighted by atomic mass is 9.86. The molecule has 1 amide bonds. The summed E-state index contributed by atoms with van der Waals surface area (Å²) in [4.78, 5) is 26.3. The van der Waals surface area contributed by atoms with Gasteiger partial charge in [0, 0.05) is 28.7 Å². The van der Waals surface area contributed by atoms with Crippen molar-refractivity contribution < 1.29 is 9.53 Å². The molecule has 0 aliphatic heterocycles. The molecule has 2 atom stereocenters. The quantitative estimate of drug-likeness (QED) is 0.722. The summed E-state index contributed by atoms with van der Waals surface area (Å²) in [6, 6.07) is 14.7. The van der Waals surface area contributed by atoms with Crippen molar-refractivity contribution in [2.75, 3.05) is 7.11 Å². The lowest BCUT2D eigenvalue weighted by Crippen LogP contribution is -2.41. The van der Waals surface area contributed by atoms with Crippen LogP contribution < -0.4 is 15.6 Å². The number of carbonyl (C=O) groups is 1. The maximum absolute atomic E-state index is 13.2. The second kappa shape index (κ2) is 8.11. The fraction of sp³-hybridized carbons (Fsp3) is 0.333. The minimum absolute atomic E-state index is 0.123. The maximum Gasteiger partial charge on any atom is 0.262 e. The molecule has 1 heterocycles.